The summed E-state index contributed by atoms with van der Waals surface area (Å²) in [5.74, 6) is -8.47. The summed E-state index contributed by atoms with van der Waals surface area (Å²) in [6.07, 6.45) is -0.198. The van der Waals surface area contributed by atoms with Crippen LogP contribution in [-0.2, 0) is 56.0 Å². The van der Waals surface area contributed by atoms with E-state index in [1.54, 1.807) is 56.3 Å². The van der Waals surface area contributed by atoms with Gasteiger partial charge in [-0.25, -0.2) is 4.79 Å². The maximum absolute atomic E-state index is 13.8. The number of aliphatic carboxylic acids is 1. The third-order valence-electron chi connectivity index (χ3n) is 9.52. The first-order valence-electron chi connectivity index (χ1n) is 20.2. The van der Waals surface area contributed by atoms with E-state index in [1.165, 1.54) is 12.1 Å². The number of carboxylic acids is 1. The summed E-state index contributed by atoms with van der Waals surface area (Å²) in [5.41, 5.74) is 23.4. The molecule has 21 nitrogen and oxygen atoms in total. The highest BCUT2D eigenvalue weighted by Gasteiger charge is 2.33. The molecule has 340 valence electrons. The molecule has 0 radical (unpaired) electrons. The Balaban J connectivity index is 2.19. The van der Waals surface area contributed by atoms with E-state index in [1.807, 2.05) is 0 Å². The fraction of sp³-hybridized carbons (Fsp3) is 0.488. The van der Waals surface area contributed by atoms with Gasteiger partial charge < -0.3 is 65.0 Å². The number of carboxylic acid groups (broad SMARTS) is 1. The lowest BCUT2D eigenvalue weighted by Crippen LogP contribution is -2.59. The van der Waals surface area contributed by atoms with E-state index >= 15 is 0 Å². The Hall–Kier alpha value is -6.61. The smallest absolute Gasteiger partial charge is 0.326 e. The molecule has 0 bridgehead atoms. The van der Waals surface area contributed by atoms with Crippen molar-refractivity contribution in [2.75, 3.05) is 13.1 Å². The van der Waals surface area contributed by atoms with E-state index in [2.05, 4.69) is 31.9 Å². The number of benzene rings is 2. The first kappa shape index (κ1) is 51.5. The number of hydrogen-bond acceptors (Lipinski definition) is 12. The number of nitrogens with one attached hydrogen (secondary N) is 6. The number of carbonyl (C=O) groups excluding carboxylic acids is 8. The normalized spacial score (nSPS) is 13.8. The zero-order chi connectivity index (χ0) is 46.4. The van der Waals surface area contributed by atoms with E-state index in [-0.39, 0.29) is 50.7 Å². The van der Waals surface area contributed by atoms with Crippen LogP contribution in [-0.4, -0.2) is 113 Å². The zero-order valence-corrected chi connectivity index (χ0v) is 34.9. The van der Waals surface area contributed by atoms with Gasteiger partial charge >= 0.3 is 5.97 Å². The standard InChI is InChI=1S/C41H60N10O11/c1-23(2)35(51-34(55)22-46-37(57)28(15-17-32(44)53)47-36(56)27(43)20-25-11-13-26(52)14-12-25)40(60)48-29(16-18-33(45)54)38(58)50-31(21-24-8-4-3-5-9-24)39(59)49-30(41(61)62)10-6-7-19-42/h3-5,8-9,11-14,23,27-31,35,52H,6-7,10,15-22,42-43H2,1-2H3,(H2,44,53)(H2,45,54)(H,46,57)(H,47,56)(H,48,60)(H,49,59)(H,50,58)(H,51,55)(H,61,62)/t27-,28-,29-,30-,31-,35-/m0/s1. The van der Waals surface area contributed by atoms with Crippen molar-refractivity contribution in [3.63, 3.8) is 0 Å². The van der Waals surface area contributed by atoms with Crippen molar-refractivity contribution in [1.29, 1.82) is 0 Å². The lowest BCUT2D eigenvalue weighted by atomic mass is 10.0. The molecule has 0 aromatic heterocycles. The van der Waals surface area contributed by atoms with Gasteiger partial charge in [0, 0.05) is 19.3 Å². The molecule has 21 heteroatoms. The van der Waals surface area contributed by atoms with Crippen molar-refractivity contribution >= 4 is 53.2 Å². The molecule has 2 rings (SSSR count). The van der Waals surface area contributed by atoms with Crippen molar-refractivity contribution in [3.8, 4) is 5.75 Å². The predicted molar refractivity (Wildman–Crippen MR) is 225 cm³/mol. The number of phenolic OH excluding ortho intramolecular Hbond substituents is 1. The molecule has 0 heterocycles. The van der Waals surface area contributed by atoms with Crippen LogP contribution < -0.4 is 54.8 Å². The number of nitrogens with two attached hydrogens (primary N) is 4. The highest BCUT2D eigenvalue weighted by molar-refractivity contribution is 5.96. The highest BCUT2D eigenvalue weighted by atomic mass is 16.4. The van der Waals surface area contributed by atoms with Crippen molar-refractivity contribution in [3.05, 3.63) is 65.7 Å². The number of rotatable bonds is 28. The minimum atomic E-state index is -1.46. The molecule has 0 aliphatic rings. The lowest BCUT2D eigenvalue weighted by molar-refractivity contribution is -0.142. The minimum absolute atomic E-state index is 0.0160. The van der Waals surface area contributed by atoms with Crippen LogP contribution in [0.3, 0.4) is 0 Å². The van der Waals surface area contributed by atoms with Crippen molar-refractivity contribution in [2.24, 2.45) is 28.9 Å². The largest absolute Gasteiger partial charge is 0.508 e. The molecule has 0 saturated carbocycles. The maximum Gasteiger partial charge on any atom is 0.326 e. The van der Waals surface area contributed by atoms with Crippen LogP contribution in [0.25, 0.3) is 0 Å². The van der Waals surface area contributed by atoms with Gasteiger partial charge in [0.25, 0.3) is 0 Å². The molecular weight excluding hydrogens is 809 g/mol. The lowest BCUT2D eigenvalue weighted by Gasteiger charge is -2.27. The van der Waals surface area contributed by atoms with Gasteiger partial charge in [0.2, 0.25) is 47.3 Å². The minimum Gasteiger partial charge on any atom is -0.508 e. The van der Waals surface area contributed by atoms with Gasteiger partial charge in [-0.2, -0.15) is 0 Å². The van der Waals surface area contributed by atoms with E-state index in [9.17, 15) is 53.4 Å². The summed E-state index contributed by atoms with van der Waals surface area (Å²) in [4.78, 5) is 115. The van der Waals surface area contributed by atoms with Crippen LogP contribution in [0, 0.1) is 5.92 Å². The second-order valence-electron chi connectivity index (χ2n) is 15.1. The van der Waals surface area contributed by atoms with Gasteiger partial charge in [0.1, 0.15) is 36.0 Å². The molecule has 0 unspecified atom stereocenters. The molecule has 0 aliphatic carbocycles. The quantitative estimate of drug-likeness (QED) is 0.0393. The Morgan fingerprint density at radius 3 is 1.66 bits per heavy atom. The van der Waals surface area contributed by atoms with Crippen LogP contribution in [0.4, 0.5) is 0 Å². The van der Waals surface area contributed by atoms with Crippen LogP contribution in [0.5, 0.6) is 5.75 Å². The molecule has 6 atom stereocenters. The molecule has 62 heavy (non-hydrogen) atoms. The Labute approximate surface area is 359 Å². The van der Waals surface area contributed by atoms with E-state index in [4.69, 9.17) is 22.9 Å². The molecule has 0 aliphatic heterocycles. The zero-order valence-electron chi connectivity index (χ0n) is 34.9. The van der Waals surface area contributed by atoms with Gasteiger partial charge in [-0.1, -0.05) is 56.3 Å². The average molecular weight is 869 g/mol. The highest BCUT2D eigenvalue weighted by Crippen LogP contribution is 2.12. The summed E-state index contributed by atoms with van der Waals surface area (Å²) >= 11 is 0. The predicted octanol–water partition coefficient (Wildman–Crippen LogP) is -2.55. The molecule has 8 amide bonds. The number of hydrogen-bond donors (Lipinski definition) is 12. The SMILES string of the molecule is CC(C)[C@H](NC(=O)CNC(=O)[C@H](CCC(N)=O)NC(=O)[C@@H](N)Cc1ccc(O)cc1)C(=O)N[C@@H](CCC(N)=O)C(=O)N[C@@H](Cc1ccccc1)C(=O)N[C@@H](CCCCN)C(=O)O. The second-order valence-corrected chi connectivity index (χ2v) is 15.1. The molecule has 0 fully saturated rings. The molecule has 16 N–H and O–H groups in total. The fourth-order valence-electron chi connectivity index (χ4n) is 6.03. The molecule has 0 spiro atoms. The molecular formula is C41H60N10O11. The first-order chi connectivity index (χ1) is 29.3. The van der Waals surface area contributed by atoms with Gasteiger partial charge in [0.15, 0.2) is 0 Å². The number of unbranched alkanes of at least 4 members (excludes halogenated alkanes) is 1. The topological polar surface area (TPSA) is 370 Å². The van der Waals surface area contributed by atoms with Crippen LogP contribution in [0.2, 0.25) is 0 Å². The third-order valence-corrected chi connectivity index (χ3v) is 9.52. The van der Waals surface area contributed by atoms with Crippen LogP contribution in [0.15, 0.2) is 54.6 Å². The fourth-order valence-corrected chi connectivity index (χ4v) is 6.03. The number of phenols is 1. The van der Waals surface area contributed by atoms with Gasteiger partial charge in [-0.05, 0) is 74.2 Å². The Kier molecular flexibility index (Phi) is 22.1. The summed E-state index contributed by atoms with van der Waals surface area (Å²) in [6, 6.07) is 6.67. The third kappa shape index (κ3) is 19.2. The summed E-state index contributed by atoms with van der Waals surface area (Å²) in [7, 11) is 0. The van der Waals surface area contributed by atoms with Crippen molar-refractivity contribution in [1.82, 2.24) is 31.9 Å². The first-order valence-corrected chi connectivity index (χ1v) is 20.2. The van der Waals surface area contributed by atoms with Gasteiger partial charge in [-0.15, -0.1) is 0 Å². The number of aromatic hydroxyl groups is 1. The number of carbonyl (C=O) groups is 9. The van der Waals surface area contributed by atoms with Crippen molar-refractivity contribution < 1.29 is 53.4 Å². The molecule has 0 saturated heterocycles. The molecule has 2 aromatic carbocycles. The van der Waals surface area contributed by atoms with E-state index < -0.39 is 102 Å². The van der Waals surface area contributed by atoms with Gasteiger partial charge in [-0.3, -0.25) is 38.4 Å². The van der Waals surface area contributed by atoms with Crippen LogP contribution >= 0.6 is 0 Å². The maximum atomic E-state index is 13.8. The Morgan fingerprint density at radius 2 is 1.11 bits per heavy atom. The summed E-state index contributed by atoms with van der Waals surface area (Å²) in [6.45, 7) is 2.81. The Bertz CT molecular complexity index is 1850. The number of amides is 8. The summed E-state index contributed by atoms with van der Waals surface area (Å²) < 4.78 is 0. The average Bonchev–Trinajstić information content (AvgIpc) is 3.21. The summed E-state index contributed by atoms with van der Waals surface area (Å²) in [5, 5.41) is 34.1. The monoisotopic (exact) mass is 868 g/mol. The second kappa shape index (κ2) is 26.6. The van der Waals surface area contributed by atoms with Crippen LogP contribution in [0.1, 0.15) is 69.9 Å². The Morgan fingerprint density at radius 1 is 0.597 bits per heavy atom. The molecule has 2 aromatic rings. The van der Waals surface area contributed by atoms with Gasteiger partial charge in [0.05, 0.1) is 12.6 Å². The van der Waals surface area contributed by atoms with E-state index in [0.717, 1.165) is 0 Å². The number of primary amides is 2. The van der Waals surface area contributed by atoms with Crippen molar-refractivity contribution in [2.45, 2.75) is 108 Å². The van der Waals surface area contributed by atoms with E-state index in [0.29, 0.717) is 30.5 Å².